The summed E-state index contributed by atoms with van der Waals surface area (Å²) in [6.07, 6.45) is -5.13. The number of alkyl halides is 3. The van der Waals surface area contributed by atoms with Gasteiger partial charge in [-0.3, -0.25) is 30.3 Å². The Balaban J connectivity index is 2.69. The second kappa shape index (κ2) is 6.86. The maximum absolute atomic E-state index is 13.3. The molecule has 0 heterocycles. The minimum Gasteiger partial charge on any atom is -0.349 e. The third-order valence-electron chi connectivity index (χ3n) is 3.50. The molecule has 0 aromatic heterocycles. The molecular weight excluding hydrogens is 377 g/mol. The Labute approximate surface area is 147 Å². The smallest absolute Gasteiger partial charge is 0.349 e. The van der Waals surface area contributed by atoms with Gasteiger partial charge in [-0.25, -0.2) is 0 Å². The van der Waals surface area contributed by atoms with E-state index in [1.165, 1.54) is 6.92 Å². The van der Waals surface area contributed by atoms with E-state index in [0.29, 0.717) is 6.07 Å². The number of anilines is 2. The van der Waals surface area contributed by atoms with Crippen LogP contribution in [-0.4, -0.2) is 14.8 Å². The predicted molar refractivity (Wildman–Crippen MR) is 85.9 cm³/mol. The molecule has 0 bridgehead atoms. The van der Waals surface area contributed by atoms with Crippen molar-refractivity contribution < 1.29 is 27.9 Å². The first-order chi connectivity index (χ1) is 12.4. The van der Waals surface area contributed by atoms with Gasteiger partial charge >= 0.3 is 6.18 Å². The minimum atomic E-state index is -5.13. The molecule has 0 aliphatic carbocycles. The normalized spacial score (nSPS) is 11.1. The number of nitrogens with one attached hydrogen (secondary N) is 1. The van der Waals surface area contributed by atoms with Gasteiger partial charge in [0.15, 0.2) is 0 Å². The van der Waals surface area contributed by atoms with Crippen LogP contribution < -0.4 is 5.32 Å². The van der Waals surface area contributed by atoms with Crippen molar-refractivity contribution >= 4 is 28.4 Å². The van der Waals surface area contributed by atoms with Crippen LogP contribution in [0.5, 0.6) is 0 Å². The number of non-ortho nitro benzene ring substituents is 2. The first-order valence-electron chi connectivity index (χ1n) is 6.98. The summed E-state index contributed by atoms with van der Waals surface area (Å²) in [6.45, 7) is 1.35. The summed E-state index contributed by atoms with van der Waals surface area (Å²) in [5.41, 5.74) is -5.12. The van der Waals surface area contributed by atoms with Gasteiger partial charge in [0.1, 0.15) is 5.69 Å². The van der Waals surface area contributed by atoms with E-state index in [0.717, 1.165) is 18.2 Å². The van der Waals surface area contributed by atoms with Crippen molar-refractivity contribution in [2.45, 2.75) is 13.1 Å². The van der Waals surface area contributed by atoms with Crippen molar-refractivity contribution in [1.82, 2.24) is 0 Å². The molecule has 0 unspecified atom stereocenters. The van der Waals surface area contributed by atoms with Gasteiger partial charge in [0.05, 0.1) is 26.4 Å². The number of aryl methyl sites for hydroxylation is 1. The van der Waals surface area contributed by atoms with Gasteiger partial charge in [0, 0.05) is 23.9 Å². The molecule has 13 heteroatoms. The molecule has 0 spiro atoms. The van der Waals surface area contributed by atoms with Crippen molar-refractivity contribution in [2.24, 2.45) is 0 Å². The first kappa shape index (κ1) is 19.6. The molecule has 2 aromatic rings. The maximum Gasteiger partial charge on any atom is 0.418 e. The van der Waals surface area contributed by atoms with Crippen molar-refractivity contribution in [1.29, 1.82) is 0 Å². The largest absolute Gasteiger partial charge is 0.418 e. The van der Waals surface area contributed by atoms with E-state index < -0.39 is 43.6 Å². The van der Waals surface area contributed by atoms with E-state index in [1.54, 1.807) is 0 Å². The molecule has 0 fully saturated rings. The number of benzene rings is 2. The van der Waals surface area contributed by atoms with Crippen LogP contribution in [0.15, 0.2) is 30.3 Å². The summed E-state index contributed by atoms with van der Waals surface area (Å²) in [7, 11) is 0. The first-order valence-corrected chi connectivity index (χ1v) is 6.98. The van der Waals surface area contributed by atoms with E-state index in [9.17, 15) is 43.5 Å². The molecule has 0 aliphatic rings. The average Bonchev–Trinajstić information content (AvgIpc) is 2.54. The zero-order chi connectivity index (χ0) is 20.5. The molecule has 27 heavy (non-hydrogen) atoms. The monoisotopic (exact) mass is 386 g/mol. The van der Waals surface area contributed by atoms with Gasteiger partial charge in [-0.1, -0.05) is 0 Å². The second-order valence-corrected chi connectivity index (χ2v) is 5.28. The van der Waals surface area contributed by atoms with Gasteiger partial charge in [-0.2, -0.15) is 13.2 Å². The highest BCUT2D eigenvalue weighted by Gasteiger charge is 2.39. The predicted octanol–water partition coefficient (Wildman–Crippen LogP) is 4.48. The lowest BCUT2D eigenvalue weighted by Crippen LogP contribution is -2.12. The van der Waals surface area contributed by atoms with E-state index in [-0.39, 0.29) is 23.0 Å². The van der Waals surface area contributed by atoms with Crippen LogP contribution in [-0.2, 0) is 6.18 Å². The van der Waals surface area contributed by atoms with Gasteiger partial charge in [-0.15, -0.1) is 0 Å². The molecule has 0 radical (unpaired) electrons. The van der Waals surface area contributed by atoms with Crippen LogP contribution in [0.25, 0.3) is 0 Å². The Morgan fingerprint density at radius 3 is 1.93 bits per heavy atom. The molecule has 2 aromatic carbocycles. The quantitative estimate of drug-likeness (QED) is 0.589. The standard InChI is InChI=1S/C14H9F3N4O6/c1-7-4-8(19(22)23)2-3-11(7)18-13-10(14(15,16)17)5-9(20(24)25)6-12(13)21(26)27/h2-6,18H,1H3. The third kappa shape index (κ3) is 4.08. The van der Waals surface area contributed by atoms with E-state index in [4.69, 9.17) is 0 Å². The molecule has 0 aliphatic heterocycles. The van der Waals surface area contributed by atoms with Crippen molar-refractivity contribution in [3.05, 3.63) is 71.8 Å². The zero-order valence-corrected chi connectivity index (χ0v) is 13.3. The summed E-state index contributed by atoms with van der Waals surface area (Å²) >= 11 is 0. The minimum absolute atomic E-state index is 0.0666. The number of rotatable bonds is 5. The third-order valence-corrected chi connectivity index (χ3v) is 3.50. The van der Waals surface area contributed by atoms with Crippen LogP contribution in [0.3, 0.4) is 0 Å². The van der Waals surface area contributed by atoms with Crippen molar-refractivity contribution in [2.75, 3.05) is 5.32 Å². The molecular formula is C14H9F3N4O6. The Bertz CT molecular complexity index is 961. The molecule has 2 rings (SSSR count). The summed E-state index contributed by atoms with van der Waals surface area (Å²) in [4.78, 5) is 29.6. The Morgan fingerprint density at radius 2 is 1.48 bits per heavy atom. The number of hydrogen-bond acceptors (Lipinski definition) is 7. The number of nitro groups is 3. The number of halogens is 3. The van der Waals surface area contributed by atoms with Gasteiger partial charge in [-0.05, 0) is 18.6 Å². The second-order valence-electron chi connectivity index (χ2n) is 5.28. The van der Waals surface area contributed by atoms with E-state index >= 15 is 0 Å². The fourth-order valence-corrected chi connectivity index (χ4v) is 2.25. The van der Waals surface area contributed by atoms with Crippen molar-refractivity contribution in [3.63, 3.8) is 0 Å². The van der Waals surface area contributed by atoms with Crippen LogP contribution in [0.4, 0.5) is 41.6 Å². The molecule has 1 N–H and O–H groups in total. The van der Waals surface area contributed by atoms with Crippen LogP contribution in [0.2, 0.25) is 0 Å². The van der Waals surface area contributed by atoms with Crippen LogP contribution in [0, 0.1) is 37.3 Å². The van der Waals surface area contributed by atoms with Gasteiger partial charge < -0.3 is 5.32 Å². The number of hydrogen-bond donors (Lipinski definition) is 1. The van der Waals surface area contributed by atoms with Crippen molar-refractivity contribution in [3.8, 4) is 0 Å². The number of nitro benzene ring substituents is 3. The molecule has 10 nitrogen and oxygen atoms in total. The highest BCUT2D eigenvalue weighted by molar-refractivity contribution is 5.77. The highest BCUT2D eigenvalue weighted by atomic mass is 19.4. The molecule has 0 atom stereocenters. The summed E-state index contributed by atoms with van der Waals surface area (Å²) in [5.74, 6) is 0. The Morgan fingerprint density at radius 1 is 0.889 bits per heavy atom. The SMILES string of the molecule is Cc1cc([N+](=O)[O-])ccc1Nc1c([N+](=O)[O-])cc([N+](=O)[O-])cc1C(F)(F)F. The van der Waals surface area contributed by atoms with Crippen LogP contribution in [0.1, 0.15) is 11.1 Å². The summed E-state index contributed by atoms with van der Waals surface area (Å²) in [5, 5.41) is 35.0. The maximum atomic E-state index is 13.3. The summed E-state index contributed by atoms with van der Waals surface area (Å²) < 4.78 is 40.0. The molecule has 0 amide bonds. The lowest BCUT2D eigenvalue weighted by atomic mass is 10.1. The molecule has 0 saturated heterocycles. The number of nitrogens with zero attached hydrogens (tertiary/aromatic N) is 3. The topological polar surface area (TPSA) is 141 Å². The highest BCUT2D eigenvalue weighted by Crippen LogP contribution is 2.44. The fourth-order valence-electron chi connectivity index (χ4n) is 2.25. The lowest BCUT2D eigenvalue weighted by Gasteiger charge is -2.16. The lowest BCUT2D eigenvalue weighted by molar-refractivity contribution is -0.394. The zero-order valence-electron chi connectivity index (χ0n) is 13.3. The molecule has 0 saturated carbocycles. The van der Waals surface area contributed by atoms with Crippen LogP contribution >= 0.6 is 0 Å². The van der Waals surface area contributed by atoms with E-state index in [1.807, 2.05) is 0 Å². The summed E-state index contributed by atoms with van der Waals surface area (Å²) in [6, 6.07) is 3.72. The average molecular weight is 386 g/mol. The van der Waals surface area contributed by atoms with Gasteiger partial charge in [0.2, 0.25) is 0 Å². The Hall–Kier alpha value is -3.77. The fraction of sp³-hybridized carbons (Fsp3) is 0.143. The Kier molecular flexibility index (Phi) is 4.96. The molecule has 142 valence electrons. The van der Waals surface area contributed by atoms with Gasteiger partial charge in [0.25, 0.3) is 17.1 Å². The van der Waals surface area contributed by atoms with E-state index in [2.05, 4.69) is 5.32 Å².